The molecule has 0 aliphatic heterocycles. The fourth-order valence-electron chi connectivity index (χ4n) is 2.49. The number of ether oxygens (including phenoxy) is 1. The number of rotatable bonds is 3. The van der Waals surface area contributed by atoms with Gasteiger partial charge in [-0.25, -0.2) is 4.98 Å². The van der Waals surface area contributed by atoms with Crippen LogP contribution in [0.25, 0.3) is 16.2 Å². The molecule has 1 aromatic carbocycles. The summed E-state index contributed by atoms with van der Waals surface area (Å²) in [6.07, 6.45) is 4.87. The number of thiazole rings is 1. The maximum absolute atomic E-state index is 5.60. The number of aryl methyl sites for hydroxylation is 3. The summed E-state index contributed by atoms with van der Waals surface area (Å²) in [7, 11) is 1.73. The summed E-state index contributed by atoms with van der Waals surface area (Å²) in [6, 6.07) is 4.33. The van der Waals surface area contributed by atoms with E-state index in [-0.39, 0.29) is 0 Å². The minimum absolute atomic E-state index is 0.927. The fourth-order valence-corrected chi connectivity index (χ4v) is 3.53. The lowest BCUT2D eigenvalue weighted by molar-refractivity contribution is 0.416. The van der Waals surface area contributed by atoms with Gasteiger partial charge in [0.25, 0.3) is 0 Å². The Hall–Kier alpha value is -1.81. The molecule has 0 N–H and O–H groups in total. The third kappa shape index (κ3) is 1.91. The van der Waals surface area contributed by atoms with Crippen molar-refractivity contribution < 1.29 is 4.74 Å². The van der Waals surface area contributed by atoms with Crippen molar-refractivity contribution in [2.75, 3.05) is 7.11 Å². The van der Waals surface area contributed by atoms with Gasteiger partial charge in [0.1, 0.15) is 5.75 Å². The molecule has 2 heterocycles. The molecule has 0 bridgehead atoms. The Morgan fingerprint density at radius 3 is 2.70 bits per heavy atom. The van der Waals surface area contributed by atoms with Crippen LogP contribution in [0.2, 0.25) is 0 Å². The van der Waals surface area contributed by atoms with E-state index in [4.69, 9.17) is 4.74 Å². The Morgan fingerprint density at radius 1 is 1.25 bits per heavy atom. The van der Waals surface area contributed by atoms with E-state index in [2.05, 4.69) is 42.3 Å². The van der Waals surface area contributed by atoms with Crippen LogP contribution in [-0.2, 0) is 6.42 Å². The number of imidazole rings is 1. The summed E-state index contributed by atoms with van der Waals surface area (Å²) < 4.78 is 7.76. The van der Waals surface area contributed by atoms with Crippen molar-refractivity contribution in [3.8, 4) is 17.0 Å². The predicted molar refractivity (Wildman–Crippen MR) is 83.9 cm³/mol. The third-order valence-electron chi connectivity index (χ3n) is 3.72. The molecule has 3 aromatic rings. The van der Waals surface area contributed by atoms with Crippen LogP contribution in [0, 0.1) is 13.8 Å². The van der Waals surface area contributed by atoms with Crippen LogP contribution >= 0.6 is 11.3 Å². The highest BCUT2D eigenvalue weighted by molar-refractivity contribution is 7.17. The second kappa shape index (κ2) is 4.94. The van der Waals surface area contributed by atoms with Gasteiger partial charge in [-0.1, -0.05) is 6.92 Å². The van der Waals surface area contributed by atoms with E-state index >= 15 is 0 Å². The lowest BCUT2D eigenvalue weighted by Gasteiger charge is -2.12. The van der Waals surface area contributed by atoms with Gasteiger partial charge in [0, 0.05) is 22.8 Å². The molecule has 0 saturated heterocycles. The number of hydrogen-bond acceptors (Lipinski definition) is 3. The fraction of sp³-hybridized carbons (Fsp3) is 0.312. The van der Waals surface area contributed by atoms with Crippen molar-refractivity contribution in [2.45, 2.75) is 27.2 Å². The van der Waals surface area contributed by atoms with Gasteiger partial charge in [0.05, 0.1) is 12.8 Å². The van der Waals surface area contributed by atoms with Gasteiger partial charge < -0.3 is 4.74 Å². The Morgan fingerprint density at radius 2 is 2.00 bits per heavy atom. The molecule has 0 aliphatic carbocycles. The SMILES string of the molecule is CCc1sc2nccn2c1-c1cc(C)c(C)cc1OC. The summed E-state index contributed by atoms with van der Waals surface area (Å²) in [5, 5.41) is 0. The average molecular weight is 286 g/mol. The van der Waals surface area contributed by atoms with Gasteiger partial charge in [-0.3, -0.25) is 4.40 Å². The first-order valence-electron chi connectivity index (χ1n) is 6.76. The van der Waals surface area contributed by atoms with Gasteiger partial charge >= 0.3 is 0 Å². The first kappa shape index (κ1) is 13.2. The standard InChI is InChI=1S/C16H18N2OS/c1-5-14-15(18-7-6-17-16(18)20-14)12-8-10(2)11(3)9-13(12)19-4/h6-9H,5H2,1-4H3. The van der Waals surface area contributed by atoms with E-state index in [1.165, 1.54) is 21.7 Å². The first-order chi connectivity index (χ1) is 9.65. The smallest absolute Gasteiger partial charge is 0.194 e. The third-order valence-corrected chi connectivity index (χ3v) is 4.93. The van der Waals surface area contributed by atoms with E-state index < -0.39 is 0 Å². The average Bonchev–Trinajstić information content (AvgIpc) is 3.01. The summed E-state index contributed by atoms with van der Waals surface area (Å²) in [5.41, 5.74) is 4.89. The molecule has 0 amide bonds. The van der Waals surface area contributed by atoms with Crippen LogP contribution in [-0.4, -0.2) is 16.5 Å². The van der Waals surface area contributed by atoms with Crippen LogP contribution in [0.1, 0.15) is 22.9 Å². The van der Waals surface area contributed by atoms with Gasteiger partial charge in [-0.15, -0.1) is 11.3 Å². The molecule has 20 heavy (non-hydrogen) atoms. The minimum atomic E-state index is 0.927. The maximum Gasteiger partial charge on any atom is 0.194 e. The number of nitrogens with zero attached hydrogens (tertiary/aromatic N) is 2. The highest BCUT2D eigenvalue weighted by Crippen LogP contribution is 2.38. The van der Waals surface area contributed by atoms with Crippen LogP contribution in [0.4, 0.5) is 0 Å². The molecular weight excluding hydrogens is 268 g/mol. The molecule has 0 spiro atoms. The van der Waals surface area contributed by atoms with Gasteiger partial charge in [0.2, 0.25) is 0 Å². The molecule has 0 unspecified atom stereocenters. The molecule has 3 nitrogen and oxygen atoms in total. The summed E-state index contributed by atoms with van der Waals surface area (Å²) >= 11 is 1.75. The minimum Gasteiger partial charge on any atom is -0.496 e. The van der Waals surface area contributed by atoms with Crippen molar-refractivity contribution in [2.24, 2.45) is 0 Å². The molecule has 0 fully saturated rings. The van der Waals surface area contributed by atoms with Crippen molar-refractivity contribution >= 4 is 16.3 Å². The van der Waals surface area contributed by atoms with Gasteiger partial charge in [-0.2, -0.15) is 0 Å². The predicted octanol–water partition coefficient (Wildman–Crippen LogP) is 4.25. The van der Waals surface area contributed by atoms with E-state index in [1.54, 1.807) is 18.4 Å². The molecule has 0 aliphatic rings. The Kier molecular flexibility index (Phi) is 3.26. The Bertz CT molecular complexity index is 770. The van der Waals surface area contributed by atoms with Crippen molar-refractivity contribution in [1.82, 2.24) is 9.38 Å². The van der Waals surface area contributed by atoms with Crippen molar-refractivity contribution in [3.63, 3.8) is 0 Å². The summed E-state index contributed by atoms with van der Waals surface area (Å²) in [5.74, 6) is 0.927. The van der Waals surface area contributed by atoms with Gasteiger partial charge in [0.15, 0.2) is 4.96 Å². The summed E-state index contributed by atoms with van der Waals surface area (Å²) in [4.78, 5) is 6.79. The van der Waals surface area contributed by atoms with Crippen LogP contribution in [0.5, 0.6) is 5.75 Å². The molecule has 104 valence electrons. The van der Waals surface area contributed by atoms with E-state index in [1.807, 2.05) is 12.4 Å². The zero-order valence-corrected chi connectivity index (χ0v) is 13.0. The maximum atomic E-state index is 5.60. The van der Waals surface area contributed by atoms with Crippen molar-refractivity contribution in [1.29, 1.82) is 0 Å². The molecular formula is C16H18N2OS. The Labute approximate surface area is 122 Å². The number of aromatic nitrogens is 2. The summed E-state index contributed by atoms with van der Waals surface area (Å²) in [6.45, 7) is 6.44. The number of methoxy groups -OCH3 is 1. The molecule has 2 aromatic heterocycles. The lowest BCUT2D eigenvalue weighted by Crippen LogP contribution is -1.95. The topological polar surface area (TPSA) is 26.5 Å². The first-order valence-corrected chi connectivity index (χ1v) is 7.57. The second-order valence-corrected chi connectivity index (χ2v) is 6.01. The van der Waals surface area contributed by atoms with E-state index in [9.17, 15) is 0 Å². The van der Waals surface area contributed by atoms with Crippen LogP contribution < -0.4 is 4.74 Å². The van der Waals surface area contributed by atoms with Gasteiger partial charge in [-0.05, 0) is 43.5 Å². The monoisotopic (exact) mass is 286 g/mol. The second-order valence-electron chi connectivity index (χ2n) is 4.94. The Balaban J connectivity index is 2.34. The molecule has 0 atom stereocenters. The lowest BCUT2D eigenvalue weighted by atomic mass is 10.0. The number of hydrogen-bond donors (Lipinski definition) is 0. The van der Waals surface area contributed by atoms with E-state index in [0.29, 0.717) is 0 Å². The highest BCUT2D eigenvalue weighted by atomic mass is 32.1. The number of benzene rings is 1. The molecule has 3 rings (SSSR count). The van der Waals surface area contributed by atoms with E-state index in [0.717, 1.165) is 22.7 Å². The highest BCUT2D eigenvalue weighted by Gasteiger charge is 2.17. The normalized spacial score (nSPS) is 11.2. The molecule has 0 radical (unpaired) electrons. The molecule has 0 saturated carbocycles. The molecule has 4 heteroatoms. The van der Waals surface area contributed by atoms with Crippen LogP contribution in [0.15, 0.2) is 24.5 Å². The zero-order valence-electron chi connectivity index (χ0n) is 12.2. The largest absolute Gasteiger partial charge is 0.496 e. The van der Waals surface area contributed by atoms with Crippen LogP contribution in [0.3, 0.4) is 0 Å². The number of fused-ring (bicyclic) bond motifs is 1. The van der Waals surface area contributed by atoms with Crippen molar-refractivity contribution in [3.05, 3.63) is 40.5 Å². The quantitative estimate of drug-likeness (QED) is 0.719. The zero-order chi connectivity index (χ0) is 14.3.